The van der Waals surface area contributed by atoms with Crippen LogP contribution in [0.1, 0.15) is 42.6 Å². The Hall–Kier alpha value is -2.17. The molecule has 1 N–H and O–H groups in total. The van der Waals surface area contributed by atoms with E-state index < -0.39 is 0 Å². The molecule has 21 heavy (non-hydrogen) atoms. The van der Waals surface area contributed by atoms with Crippen LogP contribution in [0.4, 0.5) is 5.82 Å². The van der Waals surface area contributed by atoms with Crippen molar-refractivity contribution in [1.82, 2.24) is 15.0 Å². The van der Waals surface area contributed by atoms with Gasteiger partial charge in [0.05, 0.1) is 18.5 Å². The van der Waals surface area contributed by atoms with Gasteiger partial charge in [-0.05, 0) is 37.8 Å². The summed E-state index contributed by atoms with van der Waals surface area (Å²) in [5, 5.41) is 3.23. The van der Waals surface area contributed by atoms with Gasteiger partial charge in [-0.3, -0.25) is 4.98 Å². The fourth-order valence-corrected chi connectivity index (χ4v) is 3.01. The zero-order valence-electron chi connectivity index (χ0n) is 12.5. The minimum Gasteiger partial charge on any atom is -0.491 e. The number of pyridine rings is 1. The summed E-state index contributed by atoms with van der Waals surface area (Å²) < 4.78 is 5.58. The molecule has 0 aliphatic heterocycles. The first kappa shape index (κ1) is 13.8. The highest BCUT2D eigenvalue weighted by molar-refractivity contribution is 5.54. The molecule has 0 saturated carbocycles. The lowest BCUT2D eigenvalue weighted by molar-refractivity contribution is 0.400. The first-order chi connectivity index (χ1) is 10.3. The standard InChI is InChI=1S/C16H20N4O/c1-3-17-16-15(21-2)14(19-10-20-16)12-8-4-6-11-7-5-9-18-13(11)12/h5,7,9-10,12H,3-4,6,8H2,1-2H3,(H,17,19,20). The van der Waals surface area contributed by atoms with Gasteiger partial charge in [-0.1, -0.05) is 6.07 Å². The van der Waals surface area contributed by atoms with Crippen LogP contribution in [-0.2, 0) is 6.42 Å². The number of methoxy groups -OCH3 is 1. The Labute approximate surface area is 124 Å². The molecule has 110 valence electrons. The number of ether oxygens (including phenoxy) is 1. The van der Waals surface area contributed by atoms with Crippen LogP contribution in [0.25, 0.3) is 0 Å². The minimum absolute atomic E-state index is 0.185. The summed E-state index contributed by atoms with van der Waals surface area (Å²) in [4.78, 5) is 13.4. The highest BCUT2D eigenvalue weighted by atomic mass is 16.5. The quantitative estimate of drug-likeness (QED) is 0.935. The fraction of sp³-hybridized carbons (Fsp3) is 0.438. The lowest BCUT2D eigenvalue weighted by Crippen LogP contribution is -2.16. The molecule has 1 atom stereocenters. The van der Waals surface area contributed by atoms with E-state index in [0.29, 0.717) is 0 Å². The predicted octanol–water partition coefficient (Wildman–Crippen LogP) is 2.78. The number of fused-ring (bicyclic) bond motifs is 1. The van der Waals surface area contributed by atoms with Gasteiger partial charge < -0.3 is 10.1 Å². The number of aromatic nitrogens is 3. The third kappa shape index (κ3) is 2.55. The molecule has 5 nitrogen and oxygen atoms in total. The number of anilines is 1. The zero-order chi connectivity index (χ0) is 14.7. The molecule has 3 rings (SSSR count). The van der Waals surface area contributed by atoms with Crippen molar-refractivity contribution in [3.8, 4) is 5.75 Å². The molecule has 2 aromatic rings. The SMILES string of the molecule is CCNc1ncnc(C2CCCc3cccnc32)c1OC. The van der Waals surface area contributed by atoms with Crippen LogP contribution in [0.15, 0.2) is 24.7 Å². The van der Waals surface area contributed by atoms with Gasteiger partial charge in [0.2, 0.25) is 0 Å². The van der Waals surface area contributed by atoms with Gasteiger partial charge in [0.25, 0.3) is 0 Å². The first-order valence-corrected chi connectivity index (χ1v) is 7.41. The molecule has 2 heterocycles. The Morgan fingerprint density at radius 1 is 1.29 bits per heavy atom. The van der Waals surface area contributed by atoms with Crippen molar-refractivity contribution in [1.29, 1.82) is 0 Å². The molecular weight excluding hydrogens is 264 g/mol. The Morgan fingerprint density at radius 2 is 2.19 bits per heavy atom. The summed E-state index contributed by atoms with van der Waals surface area (Å²) >= 11 is 0. The molecule has 0 aromatic carbocycles. The van der Waals surface area contributed by atoms with Gasteiger partial charge in [-0.25, -0.2) is 9.97 Å². The molecule has 0 bridgehead atoms. The summed E-state index contributed by atoms with van der Waals surface area (Å²) in [5.74, 6) is 1.68. The van der Waals surface area contributed by atoms with Crippen molar-refractivity contribution >= 4 is 5.82 Å². The van der Waals surface area contributed by atoms with E-state index in [2.05, 4.69) is 26.3 Å². The Bertz CT molecular complexity index is 629. The fourth-order valence-electron chi connectivity index (χ4n) is 3.01. The smallest absolute Gasteiger partial charge is 0.183 e. The molecule has 1 unspecified atom stereocenters. The number of aryl methyl sites for hydroxylation is 1. The summed E-state index contributed by atoms with van der Waals surface area (Å²) in [5.41, 5.74) is 3.38. The van der Waals surface area contributed by atoms with Crippen LogP contribution in [0, 0.1) is 0 Å². The highest BCUT2D eigenvalue weighted by Crippen LogP contribution is 2.40. The molecule has 0 amide bonds. The predicted molar refractivity (Wildman–Crippen MR) is 81.8 cm³/mol. The van der Waals surface area contributed by atoms with Crippen molar-refractivity contribution in [2.45, 2.75) is 32.1 Å². The maximum atomic E-state index is 5.58. The third-order valence-corrected chi connectivity index (χ3v) is 3.90. The molecule has 1 aliphatic rings. The molecule has 1 aliphatic carbocycles. The number of nitrogens with one attached hydrogen (secondary N) is 1. The minimum atomic E-state index is 0.185. The zero-order valence-corrected chi connectivity index (χ0v) is 12.5. The normalized spacial score (nSPS) is 17.1. The van der Waals surface area contributed by atoms with Gasteiger partial charge in [0.15, 0.2) is 11.6 Å². The highest BCUT2D eigenvalue weighted by Gasteiger charge is 2.28. The molecule has 5 heteroatoms. The van der Waals surface area contributed by atoms with Crippen molar-refractivity contribution < 1.29 is 4.74 Å². The van der Waals surface area contributed by atoms with E-state index in [9.17, 15) is 0 Å². The van der Waals surface area contributed by atoms with Crippen LogP contribution < -0.4 is 10.1 Å². The van der Waals surface area contributed by atoms with Crippen molar-refractivity contribution in [3.05, 3.63) is 41.6 Å². The average molecular weight is 284 g/mol. The largest absolute Gasteiger partial charge is 0.491 e. The van der Waals surface area contributed by atoms with Crippen molar-refractivity contribution in [3.63, 3.8) is 0 Å². The van der Waals surface area contributed by atoms with E-state index in [0.717, 1.165) is 48.8 Å². The van der Waals surface area contributed by atoms with E-state index in [1.54, 1.807) is 13.4 Å². The van der Waals surface area contributed by atoms with Gasteiger partial charge in [0.1, 0.15) is 6.33 Å². The molecule has 0 radical (unpaired) electrons. The second-order valence-electron chi connectivity index (χ2n) is 5.16. The molecule has 0 spiro atoms. The maximum Gasteiger partial charge on any atom is 0.183 e. The maximum absolute atomic E-state index is 5.58. The summed E-state index contributed by atoms with van der Waals surface area (Å²) in [6.45, 7) is 2.84. The number of hydrogen-bond donors (Lipinski definition) is 1. The molecule has 2 aromatic heterocycles. The van der Waals surface area contributed by atoms with E-state index in [1.165, 1.54) is 5.56 Å². The number of rotatable bonds is 4. The second kappa shape index (κ2) is 6.08. The molecular formula is C16H20N4O. The second-order valence-corrected chi connectivity index (χ2v) is 5.16. The van der Waals surface area contributed by atoms with Crippen LogP contribution in [0.2, 0.25) is 0 Å². The van der Waals surface area contributed by atoms with Gasteiger partial charge in [-0.15, -0.1) is 0 Å². The molecule has 0 saturated heterocycles. The van der Waals surface area contributed by atoms with E-state index in [4.69, 9.17) is 4.74 Å². The number of nitrogens with zero attached hydrogens (tertiary/aromatic N) is 3. The topological polar surface area (TPSA) is 59.9 Å². The van der Waals surface area contributed by atoms with Gasteiger partial charge in [0, 0.05) is 18.7 Å². The average Bonchev–Trinajstić information content (AvgIpc) is 2.54. The van der Waals surface area contributed by atoms with Crippen molar-refractivity contribution in [2.75, 3.05) is 19.0 Å². The van der Waals surface area contributed by atoms with E-state index >= 15 is 0 Å². The third-order valence-electron chi connectivity index (χ3n) is 3.90. The summed E-state index contributed by atoms with van der Waals surface area (Å²) in [6.07, 6.45) is 6.74. The van der Waals surface area contributed by atoms with Gasteiger partial charge >= 0.3 is 0 Å². The van der Waals surface area contributed by atoms with E-state index in [-0.39, 0.29) is 5.92 Å². The van der Waals surface area contributed by atoms with Crippen LogP contribution in [0.3, 0.4) is 0 Å². The number of hydrogen-bond acceptors (Lipinski definition) is 5. The summed E-state index contributed by atoms with van der Waals surface area (Å²) in [7, 11) is 1.67. The van der Waals surface area contributed by atoms with Crippen LogP contribution >= 0.6 is 0 Å². The lowest BCUT2D eigenvalue weighted by Gasteiger charge is -2.25. The van der Waals surface area contributed by atoms with Crippen LogP contribution in [-0.4, -0.2) is 28.6 Å². The van der Waals surface area contributed by atoms with Crippen molar-refractivity contribution in [2.24, 2.45) is 0 Å². The lowest BCUT2D eigenvalue weighted by atomic mass is 9.84. The first-order valence-electron chi connectivity index (χ1n) is 7.41. The summed E-state index contributed by atoms with van der Waals surface area (Å²) in [6, 6.07) is 4.16. The Balaban J connectivity index is 2.07. The Kier molecular flexibility index (Phi) is 3.99. The molecule has 0 fully saturated rings. The van der Waals surface area contributed by atoms with Crippen LogP contribution in [0.5, 0.6) is 5.75 Å². The van der Waals surface area contributed by atoms with E-state index in [1.807, 2.05) is 19.2 Å². The monoisotopic (exact) mass is 284 g/mol. The Morgan fingerprint density at radius 3 is 3.00 bits per heavy atom. The van der Waals surface area contributed by atoms with Gasteiger partial charge in [-0.2, -0.15) is 0 Å².